The molecule has 28 heavy (non-hydrogen) atoms. The Morgan fingerprint density at radius 3 is 2.32 bits per heavy atom. The summed E-state index contributed by atoms with van der Waals surface area (Å²) >= 11 is 0. The molecule has 1 amide bonds. The molecule has 3 aromatic carbocycles. The molecule has 3 aromatic rings. The van der Waals surface area contributed by atoms with Gasteiger partial charge in [-0.05, 0) is 66.1 Å². The second kappa shape index (κ2) is 9.55. The van der Waals surface area contributed by atoms with E-state index in [4.69, 9.17) is 9.47 Å². The molecule has 0 unspecified atom stereocenters. The third kappa shape index (κ3) is 5.84. The summed E-state index contributed by atoms with van der Waals surface area (Å²) in [5.41, 5.74) is 1.98. The van der Waals surface area contributed by atoms with Crippen LogP contribution in [0.15, 0.2) is 72.8 Å². The van der Waals surface area contributed by atoms with Crippen LogP contribution in [0.4, 0.5) is 4.39 Å². The average molecular weight is 379 g/mol. The monoisotopic (exact) mass is 379 g/mol. The minimum absolute atomic E-state index is 0.0207. The molecule has 0 fully saturated rings. The largest absolute Gasteiger partial charge is 0.497 e. The summed E-state index contributed by atoms with van der Waals surface area (Å²) in [5.74, 6) is 1.66. The Bertz CT molecular complexity index is 925. The van der Waals surface area contributed by atoms with Crippen LogP contribution in [-0.2, 0) is 17.8 Å². The van der Waals surface area contributed by atoms with Crippen molar-refractivity contribution >= 4 is 5.91 Å². The van der Waals surface area contributed by atoms with Gasteiger partial charge in [0.25, 0.3) is 0 Å². The van der Waals surface area contributed by atoms with Gasteiger partial charge in [0, 0.05) is 13.0 Å². The Balaban J connectivity index is 1.49. The van der Waals surface area contributed by atoms with Gasteiger partial charge in [-0.3, -0.25) is 4.79 Å². The standard InChI is InChI=1S/C23H22FNO3/c1-27-21-6-3-5-18(15-21)16-25-23(26)13-8-17-4-2-7-22(14-17)28-20-11-9-19(24)10-12-20/h2-7,9-12,14-15H,8,13,16H2,1H3,(H,25,26). The molecule has 0 aliphatic rings. The molecule has 0 saturated carbocycles. The van der Waals surface area contributed by atoms with Gasteiger partial charge in [-0.25, -0.2) is 4.39 Å². The number of aryl methyl sites for hydroxylation is 1. The first-order valence-corrected chi connectivity index (χ1v) is 9.04. The number of carbonyl (C=O) groups excluding carboxylic acids is 1. The van der Waals surface area contributed by atoms with Gasteiger partial charge in [-0.2, -0.15) is 0 Å². The molecule has 0 saturated heterocycles. The Kier molecular flexibility index (Phi) is 6.63. The van der Waals surface area contributed by atoms with Gasteiger partial charge in [-0.15, -0.1) is 0 Å². The fraction of sp³-hybridized carbons (Fsp3) is 0.174. The topological polar surface area (TPSA) is 47.6 Å². The van der Waals surface area contributed by atoms with E-state index in [2.05, 4.69) is 5.32 Å². The zero-order valence-corrected chi connectivity index (χ0v) is 15.7. The van der Waals surface area contributed by atoms with Crippen molar-refractivity contribution in [1.29, 1.82) is 0 Å². The summed E-state index contributed by atoms with van der Waals surface area (Å²) in [6, 6.07) is 21.0. The number of amides is 1. The molecule has 0 heterocycles. The Morgan fingerprint density at radius 1 is 0.893 bits per heavy atom. The fourth-order valence-electron chi connectivity index (χ4n) is 2.73. The summed E-state index contributed by atoms with van der Waals surface area (Å²) in [4.78, 5) is 12.1. The van der Waals surface area contributed by atoms with E-state index in [0.717, 1.165) is 16.9 Å². The first kappa shape index (κ1) is 19.4. The lowest BCUT2D eigenvalue weighted by atomic mass is 10.1. The highest BCUT2D eigenvalue weighted by molar-refractivity contribution is 5.76. The molecular weight excluding hydrogens is 357 g/mol. The van der Waals surface area contributed by atoms with Crippen molar-refractivity contribution in [3.05, 3.63) is 89.7 Å². The highest BCUT2D eigenvalue weighted by atomic mass is 19.1. The third-order valence-corrected chi connectivity index (χ3v) is 4.21. The van der Waals surface area contributed by atoms with Gasteiger partial charge >= 0.3 is 0 Å². The Morgan fingerprint density at radius 2 is 1.57 bits per heavy atom. The van der Waals surface area contributed by atoms with Crippen LogP contribution in [0, 0.1) is 5.82 Å². The van der Waals surface area contributed by atoms with E-state index in [1.165, 1.54) is 12.1 Å². The van der Waals surface area contributed by atoms with E-state index in [1.807, 2.05) is 48.5 Å². The van der Waals surface area contributed by atoms with E-state index in [1.54, 1.807) is 19.2 Å². The quantitative estimate of drug-likeness (QED) is 0.607. The van der Waals surface area contributed by atoms with Gasteiger partial charge < -0.3 is 14.8 Å². The molecule has 0 radical (unpaired) electrons. The molecule has 0 atom stereocenters. The van der Waals surface area contributed by atoms with Crippen LogP contribution in [0.2, 0.25) is 0 Å². The number of carbonyl (C=O) groups is 1. The molecular formula is C23H22FNO3. The number of nitrogens with one attached hydrogen (secondary N) is 1. The maximum atomic E-state index is 13.0. The summed E-state index contributed by atoms with van der Waals surface area (Å²) in [7, 11) is 1.62. The van der Waals surface area contributed by atoms with E-state index < -0.39 is 0 Å². The van der Waals surface area contributed by atoms with E-state index in [0.29, 0.717) is 30.9 Å². The number of halogens is 1. The van der Waals surface area contributed by atoms with Crippen molar-refractivity contribution < 1.29 is 18.7 Å². The number of hydrogen-bond donors (Lipinski definition) is 1. The van der Waals surface area contributed by atoms with Crippen LogP contribution in [0.1, 0.15) is 17.5 Å². The molecule has 0 aromatic heterocycles. The normalized spacial score (nSPS) is 10.4. The van der Waals surface area contributed by atoms with Crippen LogP contribution in [0.25, 0.3) is 0 Å². The third-order valence-electron chi connectivity index (χ3n) is 4.21. The smallest absolute Gasteiger partial charge is 0.220 e. The van der Waals surface area contributed by atoms with E-state index >= 15 is 0 Å². The van der Waals surface area contributed by atoms with Gasteiger partial charge in [-0.1, -0.05) is 24.3 Å². The maximum absolute atomic E-state index is 13.0. The summed E-state index contributed by atoms with van der Waals surface area (Å²) in [6.07, 6.45) is 0.981. The predicted molar refractivity (Wildman–Crippen MR) is 106 cm³/mol. The van der Waals surface area contributed by atoms with Crippen molar-refractivity contribution in [3.63, 3.8) is 0 Å². The summed E-state index contributed by atoms with van der Waals surface area (Å²) in [5, 5.41) is 2.92. The highest BCUT2D eigenvalue weighted by Gasteiger charge is 2.05. The van der Waals surface area contributed by atoms with Gasteiger partial charge in [0.2, 0.25) is 5.91 Å². The number of hydrogen-bond acceptors (Lipinski definition) is 3. The van der Waals surface area contributed by atoms with Crippen molar-refractivity contribution in [2.45, 2.75) is 19.4 Å². The van der Waals surface area contributed by atoms with Crippen LogP contribution in [0.3, 0.4) is 0 Å². The van der Waals surface area contributed by atoms with Crippen molar-refractivity contribution in [1.82, 2.24) is 5.32 Å². The maximum Gasteiger partial charge on any atom is 0.220 e. The van der Waals surface area contributed by atoms with Crippen LogP contribution in [-0.4, -0.2) is 13.0 Å². The van der Waals surface area contributed by atoms with Crippen LogP contribution < -0.4 is 14.8 Å². The first-order chi connectivity index (χ1) is 13.6. The molecule has 0 spiro atoms. The van der Waals surface area contributed by atoms with Crippen molar-refractivity contribution in [2.24, 2.45) is 0 Å². The van der Waals surface area contributed by atoms with Crippen LogP contribution >= 0.6 is 0 Å². The van der Waals surface area contributed by atoms with Crippen molar-refractivity contribution in [2.75, 3.05) is 7.11 Å². The second-order valence-corrected chi connectivity index (χ2v) is 6.33. The molecule has 0 aliphatic heterocycles. The SMILES string of the molecule is COc1cccc(CNC(=O)CCc2cccc(Oc3ccc(F)cc3)c2)c1. The molecule has 5 heteroatoms. The molecule has 3 rings (SSSR count). The van der Waals surface area contributed by atoms with E-state index in [-0.39, 0.29) is 11.7 Å². The molecule has 4 nitrogen and oxygen atoms in total. The minimum atomic E-state index is -0.305. The second-order valence-electron chi connectivity index (χ2n) is 6.33. The first-order valence-electron chi connectivity index (χ1n) is 9.04. The van der Waals surface area contributed by atoms with Crippen molar-refractivity contribution in [3.8, 4) is 17.2 Å². The predicted octanol–water partition coefficient (Wildman–Crippen LogP) is 4.88. The lowest BCUT2D eigenvalue weighted by Crippen LogP contribution is -2.23. The zero-order chi connectivity index (χ0) is 19.8. The number of rotatable bonds is 8. The number of benzene rings is 3. The van der Waals surface area contributed by atoms with E-state index in [9.17, 15) is 9.18 Å². The summed E-state index contributed by atoms with van der Waals surface area (Å²) in [6.45, 7) is 0.462. The average Bonchev–Trinajstić information content (AvgIpc) is 2.73. The summed E-state index contributed by atoms with van der Waals surface area (Å²) < 4.78 is 23.9. The zero-order valence-electron chi connectivity index (χ0n) is 15.7. The Hall–Kier alpha value is -3.34. The lowest BCUT2D eigenvalue weighted by Gasteiger charge is -2.09. The minimum Gasteiger partial charge on any atom is -0.497 e. The lowest BCUT2D eigenvalue weighted by molar-refractivity contribution is -0.121. The molecule has 0 aliphatic carbocycles. The highest BCUT2D eigenvalue weighted by Crippen LogP contribution is 2.23. The fourth-order valence-corrected chi connectivity index (χ4v) is 2.73. The Labute approximate surface area is 163 Å². The number of ether oxygens (including phenoxy) is 2. The molecule has 0 bridgehead atoms. The number of methoxy groups -OCH3 is 1. The van der Waals surface area contributed by atoms with Gasteiger partial charge in [0.05, 0.1) is 7.11 Å². The molecule has 1 N–H and O–H groups in total. The van der Waals surface area contributed by atoms with Gasteiger partial charge in [0.1, 0.15) is 23.1 Å². The van der Waals surface area contributed by atoms with Gasteiger partial charge in [0.15, 0.2) is 0 Å². The van der Waals surface area contributed by atoms with Crippen LogP contribution in [0.5, 0.6) is 17.2 Å². The molecule has 144 valence electrons.